The third-order valence-corrected chi connectivity index (χ3v) is 3.01. The van der Waals surface area contributed by atoms with Gasteiger partial charge in [0.25, 0.3) is 0 Å². The molecule has 7 heteroatoms. The van der Waals surface area contributed by atoms with Gasteiger partial charge in [0.05, 0.1) is 11.6 Å². The Morgan fingerprint density at radius 1 is 1.43 bits per heavy atom. The Labute approximate surface area is 121 Å². The number of rotatable bonds is 6. The molecule has 0 aromatic heterocycles. The van der Waals surface area contributed by atoms with Gasteiger partial charge in [-0.25, -0.2) is 0 Å². The summed E-state index contributed by atoms with van der Waals surface area (Å²) in [5.74, 6) is -0.511. The van der Waals surface area contributed by atoms with Crippen molar-refractivity contribution >= 4 is 11.6 Å². The number of carbonyl (C=O) groups excluding carboxylic acids is 1. The normalized spacial score (nSPS) is 13.0. The Balaban J connectivity index is 2.73. The smallest absolute Gasteiger partial charge is 0.385 e. The number of anilines is 1. The van der Waals surface area contributed by atoms with Crippen LogP contribution in [0.3, 0.4) is 0 Å². The van der Waals surface area contributed by atoms with E-state index in [2.05, 4.69) is 5.32 Å². The van der Waals surface area contributed by atoms with E-state index >= 15 is 0 Å². The standard InChI is InChI=1S/C14H19F3N2O2/c1-9-5-6-10(8-11(9)14(15,16)17)19-13(20)12(18)4-3-7-21-2/h5-6,8,12H,3-4,7,18H2,1-2H3,(H,19,20). The SMILES string of the molecule is COCCCC(N)C(=O)Nc1ccc(C)c(C(F)(F)F)c1. The second-order valence-corrected chi connectivity index (χ2v) is 4.76. The van der Waals surface area contributed by atoms with E-state index < -0.39 is 23.7 Å². The van der Waals surface area contributed by atoms with Crippen LogP contribution in [0, 0.1) is 6.92 Å². The molecule has 0 aliphatic heterocycles. The van der Waals surface area contributed by atoms with Crippen LogP contribution in [-0.2, 0) is 15.7 Å². The molecule has 0 bridgehead atoms. The number of methoxy groups -OCH3 is 1. The molecule has 3 N–H and O–H groups in total. The minimum absolute atomic E-state index is 0.0834. The highest BCUT2D eigenvalue weighted by Gasteiger charge is 2.32. The van der Waals surface area contributed by atoms with Crippen LogP contribution in [-0.4, -0.2) is 25.7 Å². The van der Waals surface area contributed by atoms with E-state index in [-0.39, 0.29) is 11.3 Å². The van der Waals surface area contributed by atoms with Gasteiger partial charge >= 0.3 is 6.18 Å². The molecule has 1 unspecified atom stereocenters. The monoisotopic (exact) mass is 304 g/mol. The maximum absolute atomic E-state index is 12.8. The fourth-order valence-corrected chi connectivity index (χ4v) is 1.82. The van der Waals surface area contributed by atoms with Crippen LogP contribution in [0.4, 0.5) is 18.9 Å². The van der Waals surface area contributed by atoms with E-state index in [1.807, 2.05) is 0 Å². The van der Waals surface area contributed by atoms with Crippen molar-refractivity contribution in [2.24, 2.45) is 5.73 Å². The predicted octanol–water partition coefficient (Wildman–Crippen LogP) is 2.71. The Morgan fingerprint density at radius 2 is 2.10 bits per heavy atom. The van der Waals surface area contributed by atoms with Crippen LogP contribution in [0.1, 0.15) is 24.0 Å². The average molecular weight is 304 g/mol. The summed E-state index contributed by atoms with van der Waals surface area (Å²) in [6, 6.07) is 2.87. The van der Waals surface area contributed by atoms with Crippen molar-refractivity contribution in [1.82, 2.24) is 0 Å². The topological polar surface area (TPSA) is 64.3 Å². The van der Waals surface area contributed by atoms with Crippen LogP contribution < -0.4 is 11.1 Å². The number of alkyl halides is 3. The molecule has 0 radical (unpaired) electrons. The molecule has 4 nitrogen and oxygen atoms in total. The first-order valence-corrected chi connectivity index (χ1v) is 6.49. The molecule has 1 aromatic rings. The number of benzene rings is 1. The van der Waals surface area contributed by atoms with Crippen LogP contribution in [0.15, 0.2) is 18.2 Å². The highest BCUT2D eigenvalue weighted by atomic mass is 19.4. The van der Waals surface area contributed by atoms with E-state index in [0.29, 0.717) is 19.4 Å². The number of amides is 1. The van der Waals surface area contributed by atoms with Gasteiger partial charge < -0.3 is 15.8 Å². The minimum Gasteiger partial charge on any atom is -0.385 e. The first-order valence-electron chi connectivity index (χ1n) is 6.49. The first kappa shape index (κ1) is 17.5. The molecule has 0 aliphatic rings. The molecule has 0 aliphatic carbocycles. The summed E-state index contributed by atoms with van der Waals surface area (Å²) in [4.78, 5) is 11.8. The molecular weight excluding hydrogens is 285 g/mol. The summed E-state index contributed by atoms with van der Waals surface area (Å²) in [5.41, 5.74) is 5.08. The van der Waals surface area contributed by atoms with Gasteiger partial charge in [0.2, 0.25) is 5.91 Å². The fourth-order valence-electron chi connectivity index (χ4n) is 1.82. The van der Waals surface area contributed by atoms with E-state index in [9.17, 15) is 18.0 Å². The van der Waals surface area contributed by atoms with Crippen LogP contribution in [0.2, 0.25) is 0 Å². The number of carbonyl (C=O) groups is 1. The largest absolute Gasteiger partial charge is 0.416 e. The lowest BCUT2D eigenvalue weighted by molar-refractivity contribution is -0.138. The maximum Gasteiger partial charge on any atom is 0.416 e. The zero-order valence-electron chi connectivity index (χ0n) is 12.0. The van der Waals surface area contributed by atoms with E-state index in [0.717, 1.165) is 6.07 Å². The Morgan fingerprint density at radius 3 is 2.67 bits per heavy atom. The molecule has 0 saturated heterocycles. The molecular formula is C14H19F3N2O2. The Bertz CT molecular complexity index is 490. The molecule has 21 heavy (non-hydrogen) atoms. The summed E-state index contributed by atoms with van der Waals surface area (Å²) >= 11 is 0. The second kappa shape index (κ2) is 7.42. The van der Waals surface area contributed by atoms with Crippen molar-refractivity contribution in [2.45, 2.75) is 32.0 Å². The molecule has 118 valence electrons. The minimum atomic E-state index is -4.45. The van der Waals surface area contributed by atoms with Gasteiger partial charge in [-0.3, -0.25) is 4.79 Å². The summed E-state index contributed by atoms with van der Waals surface area (Å²) in [5, 5.41) is 2.40. The number of nitrogens with one attached hydrogen (secondary N) is 1. The highest BCUT2D eigenvalue weighted by molar-refractivity contribution is 5.94. The van der Waals surface area contributed by atoms with E-state index in [1.54, 1.807) is 0 Å². The lowest BCUT2D eigenvalue weighted by Crippen LogP contribution is -2.35. The van der Waals surface area contributed by atoms with Crippen molar-refractivity contribution in [1.29, 1.82) is 0 Å². The van der Waals surface area contributed by atoms with Crippen molar-refractivity contribution in [3.05, 3.63) is 29.3 Å². The summed E-state index contributed by atoms with van der Waals surface area (Å²) in [6.45, 7) is 1.84. The first-order chi connectivity index (χ1) is 9.75. The van der Waals surface area contributed by atoms with Gasteiger partial charge in [-0.2, -0.15) is 13.2 Å². The average Bonchev–Trinajstić information content (AvgIpc) is 2.39. The molecule has 1 atom stereocenters. The molecule has 1 amide bonds. The third-order valence-electron chi connectivity index (χ3n) is 3.01. The third kappa shape index (κ3) is 5.35. The van der Waals surface area contributed by atoms with Gasteiger partial charge in [-0.1, -0.05) is 6.07 Å². The van der Waals surface area contributed by atoms with Gasteiger partial charge in [-0.05, 0) is 37.5 Å². The van der Waals surface area contributed by atoms with E-state index in [4.69, 9.17) is 10.5 Å². The number of ether oxygens (including phenoxy) is 1. The molecule has 0 saturated carbocycles. The zero-order chi connectivity index (χ0) is 16.0. The molecule has 0 spiro atoms. The Hall–Kier alpha value is -1.60. The van der Waals surface area contributed by atoms with E-state index in [1.165, 1.54) is 26.2 Å². The quantitative estimate of drug-likeness (QED) is 0.794. The summed E-state index contributed by atoms with van der Waals surface area (Å²) in [7, 11) is 1.54. The van der Waals surface area contributed by atoms with Gasteiger partial charge in [0.1, 0.15) is 0 Å². The number of nitrogens with two attached hydrogens (primary N) is 1. The molecule has 0 heterocycles. The van der Waals surface area contributed by atoms with Crippen LogP contribution >= 0.6 is 0 Å². The van der Waals surface area contributed by atoms with Crippen molar-refractivity contribution < 1.29 is 22.7 Å². The van der Waals surface area contributed by atoms with Crippen LogP contribution in [0.5, 0.6) is 0 Å². The van der Waals surface area contributed by atoms with Gasteiger partial charge in [0.15, 0.2) is 0 Å². The Kier molecular flexibility index (Phi) is 6.17. The van der Waals surface area contributed by atoms with Crippen molar-refractivity contribution in [2.75, 3.05) is 19.0 Å². The highest BCUT2D eigenvalue weighted by Crippen LogP contribution is 2.33. The lowest BCUT2D eigenvalue weighted by Gasteiger charge is -2.15. The fraction of sp³-hybridized carbons (Fsp3) is 0.500. The van der Waals surface area contributed by atoms with Crippen LogP contribution in [0.25, 0.3) is 0 Å². The number of halogens is 3. The van der Waals surface area contributed by atoms with Crippen molar-refractivity contribution in [3.63, 3.8) is 0 Å². The predicted molar refractivity (Wildman–Crippen MR) is 73.9 cm³/mol. The zero-order valence-corrected chi connectivity index (χ0v) is 12.0. The lowest BCUT2D eigenvalue weighted by atomic mass is 10.1. The molecule has 1 aromatic carbocycles. The molecule has 1 rings (SSSR count). The second-order valence-electron chi connectivity index (χ2n) is 4.76. The van der Waals surface area contributed by atoms with Gasteiger partial charge in [-0.15, -0.1) is 0 Å². The summed E-state index contributed by atoms with van der Waals surface area (Å²) < 4.78 is 43.2. The summed E-state index contributed by atoms with van der Waals surface area (Å²) in [6.07, 6.45) is -3.45. The molecule has 0 fully saturated rings. The van der Waals surface area contributed by atoms with Gasteiger partial charge in [0, 0.05) is 19.4 Å². The number of hydrogen-bond acceptors (Lipinski definition) is 3. The maximum atomic E-state index is 12.8. The van der Waals surface area contributed by atoms with Crippen molar-refractivity contribution in [3.8, 4) is 0 Å². The number of aryl methyl sites for hydroxylation is 1. The number of hydrogen-bond donors (Lipinski definition) is 2.